The van der Waals surface area contributed by atoms with E-state index in [-0.39, 0.29) is 17.6 Å². The Morgan fingerprint density at radius 3 is 2.63 bits per heavy atom. The summed E-state index contributed by atoms with van der Waals surface area (Å²) in [6, 6.07) is 6.99. The molecule has 0 aliphatic carbocycles. The van der Waals surface area contributed by atoms with Gasteiger partial charge < -0.3 is 10.8 Å². The van der Waals surface area contributed by atoms with Crippen LogP contribution >= 0.6 is 0 Å². The monoisotopic (exact) mass is 262 g/mol. The summed E-state index contributed by atoms with van der Waals surface area (Å²) in [7, 11) is 0. The SMILES string of the molecule is CC(O)CN1Cc2ccc(C(C)(C)C)cc2C1CN. The number of hydrogen-bond acceptors (Lipinski definition) is 3. The second-order valence-corrected chi connectivity index (χ2v) is 6.69. The number of nitrogens with two attached hydrogens (primary N) is 1. The molecule has 1 aromatic rings. The Balaban J connectivity index is 2.32. The molecule has 0 fully saturated rings. The standard InChI is InChI=1S/C16H26N2O/c1-11(19)9-18-10-12-5-6-13(16(2,3)4)7-14(12)15(18)8-17/h5-7,11,15,19H,8-10,17H2,1-4H3. The second-order valence-electron chi connectivity index (χ2n) is 6.69. The van der Waals surface area contributed by atoms with Gasteiger partial charge in [-0.3, -0.25) is 4.90 Å². The van der Waals surface area contributed by atoms with Crippen molar-refractivity contribution < 1.29 is 5.11 Å². The highest BCUT2D eigenvalue weighted by molar-refractivity contribution is 5.40. The quantitative estimate of drug-likeness (QED) is 0.878. The molecule has 2 atom stereocenters. The van der Waals surface area contributed by atoms with Gasteiger partial charge in [-0.2, -0.15) is 0 Å². The van der Waals surface area contributed by atoms with Crippen LogP contribution in [0.25, 0.3) is 0 Å². The van der Waals surface area contributed by atoms with Crippen LogP contribution in [0.15, 0.2) is 18.2 Å². The minimum absolute atomic E-state index is 0.159. The molecule has 2 unspecified atom stereocenters. The van der Waals surface area contributed by atoms with E-state index in [1.165, 1.54) is 16.7 Å². The third-order valence-corrected chi connectivity index (χ3v) is 3.91. The van der Waals surface area contributed by atoms with Crippen LogP contribution in [0.5, 0.6) is 0 Å². The fraction of sp³-hybridized carbons (Fsp3) is 0.625. The van der Waals surface area contributed by atoms with Crippen molar-refractivity contribution in [2.75, 3.05) is 13.1 Å². The van der Waals surface area contributed by atoms with Crippen molar-refractivity contribution in [3.63, 3.8) is 0 Å². The van der Waals surface area contributed by atoms with E-state index in [4.69, 9.17) is 5.73 Å². The molecule has 1 aromatic carbocycles. The Bertz CT molecular complexity index is 449. The number of rotatable bonds is 3. The van der Waals surface area contributed by atoms with Gasteiger partial charge in [0.05, 0.1) is 6.10 Å². The Labute approximate surface area is 116 Å². The largest absolute Gasteiger partial charge is 0.392 e. The molecular formula is C16H26N2O. The van der Waals surface area contributed by atoms with Crippen molar-refractivity contribution >= 4 is 0 Å². The van der Waals surface area contributed by atoms with Gasteiger partial charge in [-0.15, -0.1) is 0 Å². The van der Waals surface area contributed by atoms with Crippen molar-refractivity contribution in [1.29, 1.82) is 0 Å². The van der Waals surface area contributed by atoms with Gasteiger partial charge in [0, 0.05) is 25.7 Å². The highest BCUT2D eigenvalue weighted by Gasteiger charge is 2.30. The van der Waals surface area contributed by atoms with E-state index >= 15 is 0 Å². The van der Waals surface area contributed by atoms with E-state index in [0.29, 0.717) is 13.1 Å². The van der Waals surface area contributed by atoms with E-state index in [1.807, 2.05) is 6.92 Å². The number of aliphatic hydroxyl groups excluding tert-OH is 1. The van der Waals surface area contributed by atoms with E-state index in [9.17, 15) is 5.11 Å². The molecule has 1 aliphatic rings. The fourth-order valence-electron chi connectivity index (χ4n) is 2.85. The topological polar surface area (TPSA) is 49.5 Å². The minimum Gasteiger partial charge on any atom is -0.392 e. The number of β-amino-alcohol motifs (C(OH)–C–C–N with tert-alkyl or cyclic N) is 1. The molecule has 0 bridgehead atoms. The van der Waals surface area contributed by atoms with Gasteiger partial charge in [0.2, 0.25) is 0 Å². The number of aliphatic hydroxyl groups is 1. The Morgan fingerprint density at radius 2 is 2.11 bits per heavy atom. The molecule has 0 amide bonds. The Morgan fingerprint density at radius 1 is 1.42 bits per heavy atom. The number of benzene rings is 1. The van der Waals surface area contributed by atoms with Crippen LogP contribution in [-0.4, -0.2) is 29.2 Å². The predicted octanol–water partition coefficient (Wildman–Crippen LogP) is 2.18. The predicted molar refractivity (Wildman–Crippen MR) is 79.0 cm³/mol. The number of nitrogens with zero attached hydrogens (tertiary/aromatic N) is 1. The minimum atomic E-state index is -0.314. The summed E-state index contributed by atoms with van der Waals surface area (Å²) in [6.07, 6.45) is -0.314. The molecule has 0 spiro atoms. The Kier molecular flexibility index (Phi) is 4.00. The second kappa shape index (κ2) is 5.23. The summed E-state index contributed by atoms with van der Waals surface area (Å²) in [6.45, 7) is 10.7. The summed E-state index contributed by atoms with van der Waals surface area (Å²) in [4.78, 5) is 2.28. The van der Waals surface area contributed by atoms with E-state index < -0.39 is 0 Å². The Hall–Kier alpha value is -0.900. The lowest BCUT2D eigenvalue weighted by Gasteiger charge is -2.25. The average molecular weight is 262 g/mol. The summed E-state index contributed by atoms with van der Waals surface area (Å²) >= 11 is 0. The summed E-state index contributed by atoms with van der Waals surface area (Å²) in [5, 5.41) is 9.61. The molecule has 3 nitrogen and oxygen atoms in total. The van der Waals surface area contributed by atoms with Crippen molar-refractivity contribution in [3.05, 3.63) is 34.9 Å². The highest BCUT2D eigenvalue weighted by atomic mass is 16.3. The molecule has 3 heteroatoms. The maximum atomic E-state index is 9.61. The van der Waals surface area contributed by atoms with Crippen molar-refractivity contribution in [2.24, 2.45) is 5.73 Å². The molecule has 1 heterocycles. The molecular weight excluding hydrogens is 236 g/mol. The molecule has 0 saturated heterocycles. The maximum absolute atomic E-state index is 9.61. The van der Waals surface area contributed by atoms with Gasteiger partial charge in [0.15, 0.2) is 0 Å². The molecule has 1 aliphatic heterocycles. The van der Waals surface area contributed by atoms with Gasteiger partial charge in [-0.05, 0) is 29.0 Å². The van der Waals surface area contributed by atoms with Crippen LogP contribution in [0.3, 0.4) is 0 Å². The first-order valence-corrected chi connectivity index (χ1v) is 7.08. The molecule has 3 N–H and O–H groups in total. The van der Waals surface area contributed by atoms with Gasteiger partial charge in [-0.1, -0.05) is 39.0 Å². The highest BCUT2D eigenvalue weighted by Crippen LogP contribution is 2.36. The molecule has 0 saturated carbocycles. The van der Waals surface area contributed by atoms with Crippen LogP contribution in [0, 0.1) is 0 Å². The van der Waals surface area contributed by atoms with Gasteiger partial charge >= 0.3 is 0 Å². The molecule has 0 aromatic heterocycles. The summed E-state index contributed by atoms with van der Waals surface area (Å²) in [5.74, 6) is 0. The summed E-state index contributed by atoms with van der Waals surface area (Å²) in [5.41, 5.74) is 10.2. The zero-order valence-corrected chi connectivity index (χ0v) is 12.5. The van der Waals surface area contributed by atoms with Crippen molar-refractivity contribution in [3.8, 4) is 0 Å². The van der Waals surface area contributed by atoms with Crippen LogP contribution in [0.2, 0.25) is 0 Å². The maximum Gasteiger partial charge on any atom is 0.0639 e. The van der Waals surface area contributed by atoms with Crippen LogP contribution < -0.4 is 5.73 Å². The summed E-state index contributed by atoms with van der Waals surface area (Å²) < 4.78 is 0. The lowest BCUT2D eigenvalue weighted by atomic mass is 9.85. The van der Waals surface area contributed by atoms with Gasteiger partial charge in [0.1, 0.15) is 0 Å². The third kappa shape index (κ3) is 2.99. The average Bonchev–Trinajstić information content (AvgIpc) is 2.62. The third-order valence-electron chi connectivity index (χ3n) is 3.91. The molecule has 106 valence electrons. The number of hydrogen-bond donors (Lipinski definition) is 2. The molecule has 0 radical (unpaired) electrons. The van der Waals surface area contributed by atoms with Crippen LogP contribution in [0.4, 0.5) is 0 Å². The van der Waals surface area contributed by atoms with Gasteiger partial charge in [-0.25, -0.2) is 0 Å². The van der Waals surface area contributed by atoms with E-state index in [2.05, 4.69) is 43.9 Å². The number of fused-ring (bicyclic) bond motifs is 1. The zero-order chi connectivity index (χ0) is 14.2. The van der Waals surface area contributed by atoms with E-state index in [1.54, 1.807) is 0 Å². The fourth-order valence-corrected chi connectivity index (χ4v) is 2.85. The van der Waals surface area contributed by atoms with Gasteiger partial charge in [0.25, 0.3) is 0 Å². The lowest BCUT2D eigenvalue weighted by molar-refractivity contribution is 0.105. The zero-order valence-electron chi connectivity index (χ0n) is 12.5. The van der Waals surface area contributed by atoms with E-state index in [0.717, 1.165) is 6.54 Å². The molecule has 19 heavy (non-hydrogen) atoms. The first-order valence-electron chi connectivity index (χ1n) is 7.08. The first-order chi connectivity index (χ1) is 8.82. The molecule has 2 rings (SSSR count). The lowest BCUT2D eigenvalue weighted by Crippen LogP contribution is -2.33. The van der Waals surface area contributed by atoms with Crippen molar-refractivity contribution in [2.45, 2.75) is 51.8 Å². The van der Waals surface area contributed by atoms with Crippen molar-refractivity contribution in [1.82, 2.24) is 4.90 Å². The smallest absolute Gasteiger partial charge is 0.0639 e. The van der Waals surface area contributed by atoms with Crippen LogP contribution in [-0.2, 0) is 12.0 Å². The first kappa shape index (κ1) is 14.5. The van der Waals surface area contributed by atoms with Crippen LogP contribution in [0.1, 0.15) is 50.4 Å². The normalized spacial score (nSPS) is 21.5.